The Bertz CT molecular complexity index is 442. The molecule has 1 aromatic rings. The molecule has 5 heteroatoms. The molecule has 0 spiro atoms. The Kier molecular flexibility index (Phi) is 5.04. The van der Waals surface area contributed by atoms with Gasteiger partial charge in [0.2, 0.25) is 0 Å². The van der Waals surface area contributed by atoms with Crippen molar-refractivity contribution in [3.63, 3.8) is 0 Å². The fourth-order valence-electron chi connectivity index (χ4n) is 2.63. The maximum atomic E-state index is 5.30. The minimum atomic E-state index is 0.227. The highest BCUT2D eigenvalue weighted by molar-refractivity contribution is 7.15. The summed E-state index contributed by atoms with van der Waals surface area (Å²) >= 11 is 1.81. The minimum Gasteiger partial charge on any atom is -0.378 e. The number of rotatable bonds is 6. The second-order valence-electron chi connectivity index (χ2n) is 6.40. The molecule has 1 aliphatic rings. The molecule has 2 heterocycles. The van der Waals surface area contributed by atoms with Gasteiger partial charge >= 0.3 is 0 Å². The van der Waals surface area contributed by atoms with Crippen molar-refractivity contribution in [2.75, 3.05) is 18.6 Å². The molecule has 0 saturated carbocycles. The highest BCUT2D eigenvalue weighted by atomic mass is 32.1. The first-order valence-corrected chi connectivity index (χ1v) is 8.24. The van der Waals surface area contributed by atoms with Crippen LogP contribution in [0, 0.1) is 0 Å². The SMILES string of the molecule is COCc1nc(N2CCCC2(C)C)sc1CNC(C)C. The number of thiazole rings is 1. The molecule has 1 aromatic heterocycles. The van der Waals surface area contributed by atoms with Gasteiger partial charge in [-0.3, -0.25) is 0 Å². The smallest absolute Gasteiger partial charge is 0.186 e. The fraction of sp³-hybridized carbons (Fsp3) is 0.800. The van der Waals surface area contributed by atoms with Crippen molar-refractivity contribution in [1.29, 1.82) is 0 Å². The Balaban J connectivity index is 2.19. The van der Waals surface area contributed by atoms with Crippen LogP contribution >= 0.6 is 11.3 Å². The van der Waals surface area contributed by atoms with E-state index in [1.807, 2.05) is 11.3 Å². The largest absolute Gasteiger partial charge is 0.378 e. The lowest BCUT2D eigenvalue weighted by molar-refractivity contribution is 0.181. The van der Waals surface area contributed by atoms with Gasteiger partial charge in [0.05, 0.1) is 12.3 Å². The lowest BCUT2D eigenvalue weighted by Crippen LogP contribution is -2.38. The predicted molar refractivity (Wildman–Crippen MR) is 85.5 cm³/mol. The van der Waals surface area contributed by atoms with E-state index in [4.69, 9.17) is 9.72 Å². The number of nitrogens with one attached hydrogen (secondary N) is 1. The maximum Gasteiger partial charge on any atom is 0.186 e. The lowest BCUT2D eigenvalue weighted by Gasteiger charge is -2.31. The minimum absolute atomic E-state index is 0.227. The van der Waals surface area contributed by atoms with Crippen LogP contribution in [0.3, 0.4) is 0 Å². The highest BCUT2D eigenvalue weighted by Gasteiger charge is 2.34. The normalized spacial score (nSPS) is 18.2. The summed E-state index contributed by atoms with van der Waals surface area (Å²) in [4.78, 5) is 8.59. The molecular formula is C15H27N3OS. The standard InChI is InChI=1S/C15H27N3OS/c1-11(2)16-9-13-12(10-19-5)17-14(20-13)18-8-6-7-15(18,3)4/h11,16H,6-10H2,1-5H3. The van der Waals surface area contributed by atoms with Crippen molar-refractivity contribution in [3.05, 3.63) is 10.6 Å². The van der Waals surface area contributed by atoms with Gasteiger partial charge in [0.1, 0.15) is 0 Å². The second-order valence-corrected chi connectivity index (χ2v) is 7.46. The molecule has 1 fully saturated rings. The van der Waals surface area contributed by atoms with Crippen molar-refractivity contribution in [3.8, 4) is 0 Å². The number of anilines is 1. The van der Waals surface area contributed by atoms with Gasteiger partial charge in [-0.1, -0.05) is 13.8 Å². The van der Waals surface area contributed by atoms with E-state index in [1.54, 1.807) is 7.11 Å². The third-order valence-corrected chi connectivity index (χ3v) is 4.97. The molecule has 0 radical (unpaired) electrons. The van der Waals surface area contributed by atoms with Crippen LogP contribution in [0.1, 0.15) is 51.1 Å². The summed E-state index contributed by atoms with van der Waals surface area (Å²) in [5, 5.41) is 4.63. The van der Waals surface area contributed by atoms with Gasteiger partial charge in [-0.15, -0.1) is 11.3 Å². The first-order valence-electron chi connectivity index (χ1n) is 7.42. The van der Waals surface area contributed by atoms with Crippen LogP contribution in [0.25, 0.3) is 0 Å². The van der Waals surface area contributed by atoms with E-state index >= 15 is 0 Å². The average molecular weight is 297 g/mol. The molecule has 1 N–H and O–H groups in total. The van der Waals surface area contributed by atoms with Crippen LogP contribution in [0.5, 0.6) is 0 Å². The van der Waals surface area contributed by atoms with Crippen molar-refractivity contribution < 1.29 is 4.74 Å². The van der Waals surface area contributed by atoms with Crippen LogP contribution in [-0.4, -0.2) is 30.2 Å². The molecule has 0 atom stereocenters. The summed E-state index contributed by atoms with van der Waals surface area (Å²) in [7, 11) is 1.73. The summed E-state index contributed by atoms with van der Waals surface area (Å²) in [5.41, 5.74) is 1.31. The lowest BCUT2D eigenvalue weighted by atomic mass is 10.0. The van der Waals surface area contributed by atoms with Gasteiger partial charge in [0.25, 0.3) is 0 Å². The number of hydrogen-bond acceptors (Lipinski definition) is 5. The number of aromatic nitrogens is 1. The summed E-state index contributed by atoms with van der Waals surface area (Å²) in [6.45, 7) is 11.5. The van der Waals surface area contributed by atoms with E-state index in [0.717, 1.165) is 23.9 Å². The van der Waals surface area contributed by atoms with Crippen molar-refractivity contribution in [1.82, 2.24) is 10.3 Å². The highest BCUT2D eigenvalue weighted by Crippen LogP contribution is 2.37. The first kappa shape index (κ1) is 15.7. The second kappa shape index (κ2) is 6.41. The quantitative estimate of drug-likeness (QED) is 0.875. The topological polar surface area (TPSA) is 37.4 Å². The van der Waals surface area contributed by atoms with Crippen molar-refractivity contribution in [2.24, 2.45) is 0 Å². The maximum absolute atomic E-state index is 5.30. The molecule has 0 aromatic carbocycles. The molecule has 0 amide bonds. The van der Waals surface area contributed by atoms with Crippen LogP contribution in [0.4, 0.5) is 5.13 Å². The van der Waals surface area contributed by atoms with Gasteiger partial charge in [-0.05, 0) is 26.7 Å². The third-order valence-electron chi connectivity index (χ3n) is 3.85. The Morgan fingerprint density at radius 3 is 2.75 bits per heavy atom. The third kappa shape index (κ3) is 3.51. The predicted octanol–water partition coefficient (Wildman–Crippen LogP) is 3.17. The molecule has 4 nitrogen and oxygen atoms in total. The monoisotopic (exact) mass is 297 g/mol. The van der Waals surface area contributed by atoms with Gasteiger partial charge < -0.3 is 15.0 Å². The summed E-state index contributed by atoms with van der Waals surface area (Å²) < 4.78 is 5.30. The Morgan fingerprint density at radius 2 is 2.20 bits per heavy atom. The molecule has 1 aliphatic heterocycles. The van der Waals surface area contributed by atoms with E-state index < -0.39 is 0 Å². The van der Waals surface area contributed by atoms with Crippen LogP contribution in [-0.2, 0) is 17.9 Å². The zero-order chi connectivity index (χ0) is 14.8. The van der Waals surface area contributed by atoms with E-state index in [1.165, 1.54) is 17.7 Å². The van der Waals surface area contributed by atoms with Crippen LogP contribution in [0.15, 0.2) is 0 Å². The van der Waals surface area contributed by atoms with E-state index in [9.17, 15) is 0 Å². The molecule has 1 saturated heterocycles. The molecule has 2 rings (SSSR count). The summed E-state index contributed by atoms with van der Waals surface area (Å²) in [6.07, 6.45) is 2.50. The van der Waals surface area contributed by atoms with E-state index in [2.05, 4.69) is 37.9 Å². The van der Waals surface area contributed by atoms with E-state index in [-0.39, 0.29) is 5.54 Å². The zero-order valence-corrected chi connectivity index (χ0v) is 14.1. The van der Waals surface area contributed by atoms with Gasteiger partial charge in [0.15, 0.2) is 5.13 Å². The Labute approximate surface area is 126 Å². The van der Waals surface area contributed by atoms with Gasteiger partial charge in [0, 0.05) is 36.7 Å². The number of methoxy groups -OCH3 is 1. The number of hydrogen-bond donors (Lipinski definition) is 1. The van der Waals surface area contributed by atoms with Gasteiger partial charge in [-0.25, -0.2) is 4.98 Å². The molecule has 0 unspecified atom stereocenters. The zero-order valence-electron chi connectivity index (χ0n) is 13.3. The molecule has 20 heavy (non-hydrogen) atoms. The van der Waals surface area contributed by atoms with Crippen molar-refractivity contribution >= 4 is 16.5 Å². The van der Waals surface area contributed by atoms with Crippen LogP contribution < -0.4 is 10.2 Å². The van der Waals surface area contributed by atoms with Crippen molar-refractivity contribution in [2.45, 2.75) is 65.3 Å². The summed E-state index contributed by atoms with van der Waals surface area (Å²) in [5.74, 6) is 0. The van der Waals surface area contributed by atoms with Crippen LogP contribution in [0.2, 0.25) is 0 Å². The van der Waals surface area contributed by atoms with E-state index in [0.29, 0.717) is 12.6 Å². The fourth-order valence-corrected chi connectivity index (χ4v) is 3.83. The number of ether oxygens (including phenoxy) is 1. The first-order chi connectivity index (χ1) is 9.44. The van der Waals surface area contributed by atoms with Gasteiger partial charge in [-0.2, -0.15) is 0 Å². The Morgan fingerprint density at radius 1 is 1.45 bits per heavy atom. The number of nitrogens with zero attached hydrogens (tertiary/aromatic N) is 2. The molecule has 0 bridgehead atoms. The molecular weight excluding hydrogens is 270 g/mol. The average Bonchev–Trinajstić information content (AvgIpc) is 2.90. The molecule has 0 aliphatic carbocycles. The summed E-state index contributed by atoms with van der Waals surface area (Å²) in [6, 6.07) is 0.485. The molecule has 114 valence electrons. The Hall–Kier alpha value is -0.650.